The van der Waals surface area contributed by atoms with Crippen molar-refractivity contribution in [1.82, 2.24) is 9.97 Å². The van der Waals surface area contributed by atoms with Gasteiger partial charge in [-0.1, -0.05) is 24.9 Å². The zero-order chi connectivity index (χ0) is 12.3. The van der Waals surface area contributed by atoms with E-state index in [0.717, 1.165) is 6.42 Å². The van der Waals surface area contributed by atoms with Gasteiger partial charge in [0.15, 0.2) is 0 Å². The van der Waals surface area contributed by atoms with Crippen LogP contribution in [-0.4, -0.2) is 16.1 Å². The highest BCUT2D eigenvalue weighted by Crippen LogP contribution is 2.24. The van der Waals surface area contributed by atoms with Gasteiger partial charge in [0.2, 0.25) is 0 Å². The summed E-state index contributed by atoms with van der Waals surface area (Å²) >= 11 is 7.70. The summed E-state index contributed by atoms with van der Waals surface area (Å²) < 4.78 is 37.1. The van der Waals surface area contributed by atoms with Crippen LogP contribution in [0.4, 0.5) is 13.2 Å². The fourth-order valence-electron chi connectivity index (χ4n) is 1.17. The second-order valence-corrected chi connectivity index (χ2v) is 4.67. The summed E-state index contributed by atoms with van der Waals surface area (Å²) in [5, 5.41) is 0.0956. The minimum atomic E-state index is -4.31. The first-order valence-corrected chi connectivity index (χ1v) is 6.06. The van der Waals surface area contributed by atoms with Crippen LogP contribution in [0.5, 0.6) is 0 Å². The Hall–Kier alpha value is -0.110. The van der Waals surface area contributed by atoms with E-state index >= 15 is 0 Å². The minimum absolute atomic E-state index is 0.0956. The quantitative estimate of drug-likeness (QED) is 0.602. The summed E-state index contributed by atoms with van der Waals surface area (Å²) in [6, 6.07) is 0. The molecule has 0 spiro atoms. The van der Waals surface area contributed by atoms with Gasteiger partial charge in [-0.25, -0.2) is 9.97 Å². The van der Waals surface area contributed by atoms with E-state index in [0.29, 0.717) is 15.7 Å². The second kappa shape index (κ2) is 5.48. The maximum absolute atomic E-state index is 12.2. The van der Waals surface area contributed by atoms with Gasteiger partial charge in [0.1, 0.15) is 17.4 Å². The molecule has 0 amide bonds. The van der Waals surface area contributed by atoms with Crippen LogP contribution >= 0.6 is 34.2 Å². The van der Waals surface area contributed by atoms with Gasteiger partial charge < -0.3 is 0 Å². The Morgan fingerprint density at radius 1 is 1.31 bits per heavy atom. The largest absolute Gasteiger partial charge is 0.396 e. The summed E-state index contributed by atoms with van der Waals surface area (Å²) in [5.74, 6) is -0.263. The monoisotopic (exact) mass is 364 g/mol. The average molecular weight is 365 g/mol. The topological polar surface area (TPSA) is 25.8 Å². The normalized spacial score (nSPS) is 11.9. The molecule has 0 unspecified atom stereocenters. The van der Waals surface area contributed by atoms with Crippen molar-refractivity contribution in [2.24, 2.45) is 0 Å². The van der Waals surface area contributed by atoms with Gasteiger partial charge in [0.05, 0.1) is 9.26 Å². The number of aromatic nitrogens is 2. The van der Waals surface area contributed by atoms with E-state index in [4.69, 9.17) is 11.6 Å². The van der Waals surface area contributed by atoms with Crippen molar-refractivity contribution < 1.29 is 13.2 Å². The number of hydrogen-bond acceptors (Lipinski definition) is 2. The van der Waals surface area contributed by atoms with Crippen molar-refractivity contribution in [1.29, 1.82) is 0 Å². The average Bonchev–Trinajstić information content (AvgIpc) is 2.11. The van der Waals surface area contributed by atoms with Crippen LogP contribution < -0.4 is 0 Å². The van der Waals surface area contributed by atoms with E-state index < -0.39 is 12.6 Å². The van der Waals surface area contributed by atoms with Gasteiger partial charge in [0, 0.05) is 0 Å². The molecular weight excluding hydrogens is 355 g/mol. The molecule has 0 aliphatic rings. The van der Waals surface area contributed by atoms with Gasteiger partial charge >= 0.3 is 6.18 Å². The lowest BCUT2D eigenvalue weighted by Crippen LogP contribution is -2.15. The van der Waals surface area contributed by atoms with Crippen LogP contribution in [0, 0.1) is 3.57 Å². The maximum Gasteiger partial charge on any atom is 0.396 e. The molecule has 0 saturated carbocycles. The standard InChI is InChI=1S/C9H9ClF3IN2/c1-2-3-5-7(14)8(10)16-6(15-5)4-9(11,12)13/h2-4H2,1H3. The van der Waals surface area contributed by atoms with E-state index in [-0.39, 0.29) is 11.0 Å². The lowest BCUT2D eigenvalue weighted by Gasteiger charge is -2.09. The van der Waals surface area contributed by atoms with Crippen molar-refractivity contribution in [3.63, 3.8) is 0 Å². The predicted octanol–water partition coefficient (Wildman–Crippen LogP) is 3.79. The van der Waals surface area contributed by atoms with Crippen LogP contribution in [0.2, 0.25) is 5.15 Å². The fraction of sp³-hybridized carbons (Fsp3) is 0.556. The van der Waals surface area contributed by atoms with E-state index in [1.165, 1.54) is 0 Å². The number of hydrogen-bond donors (Lipinski definition) is 0. The highest BCUT2D eigenvalue weighted by atomic mass is 127. The first-order chi connectivity index (χ1) is 7.33. The third-order valence-corrected chi connectivity index (χ3v) is 3.50. The van der Waals surface area contributed by atoms with E-state index in [9.17, 15) is 13.2 Å². The molecule has 0 aliphatic carbocycles. The molecular formula is C9H9ClF3IN2. The molecule has 0 aromatic carbocycles. The number of rotatable bonds is 3. The Morgan fingerprint density at radius 2 is 1.94 bits per heavy atom. The third kappa shape index (κ3) is 4.04. The van der Waals surface area contributed by atoms with Gasteiger partial charge in [-0.2, -0.15) is 13.2 Å². The van der Waals surface area contributed by atoms with E-state index in [1.54, 1.807) is 0 Å². The molecule has 1 rings (SSSR count). The smallest absolute Gasteiger partial charge is 0.236 e. The van der Waals surface area contributed by atoms with Crippen molar-refractivity contribution in [3.8, 4) is 0 Å². The molecule has 0 bridgehead atoms. The molecule has 7 heteroatoms. The minimum Gasteiger partial charge on any atom is -0.236 e. The lowest BCUT2D eigenvalue weighted by molar-refractivity contribution is -0.128. The molecule has 0 atom stereocenters. The molecule has 0 radical (unpaired) electrons. The van der Waals surface area contributed by atoms with E-state index in [1.807, 2.05) is 29.5 Å². The summed E-state index contributed by atoms with van der Waals surface area (Å²) in [7, 11) is 0. The van der Waals surface area contributed by atoms with Crippen molar-refractivity contribution in [3.05, 3.63) is 20.2 Å². The number of nitrogens with zero attached hydrogens (tertiary/aromatic N) is 2. The third-order valence-electron chi connectivity index (χ3n) is 1.77. The van der Waals surface area contributed by atoms with Crippen LogP contribution in [0.1, 0.15) is 24.9 Å². The Kier molecular flexibility index (Phi) is 4.78. The zero-order valence-electron chi connectivity index (χ0n) is 8.41. The van der Waals surface area contributed by atoms with Crippen molar-refractivity contribution in [2.75, 3.05) is 0 Å². The molecule has 1 heterocycles. The molecule has 0 fully saturated rings. The molecule has 0 aliphatic heterocycles. The van der Waals surface area contributed by atoms with Crippen molar-refractivity contribution in [2.45, 2.75) is 32.4 Å². The summed E-state index contributed by atoms with van der Waals surface area (Å²) in [6.07, 6.45) is -4.04. The lowest BCUT2D eigenvalue weighted by atomic mass is 10.2. The van der Waals surface area contributed by atoms with Gasteiger partial charge in [-0.3, -0.25) is 0 Å². The second-order valence-electron chi connectivity index (χ2n) is 3.23. The Bertz CT molecular complexity index is 382. The van der Waals surface area contributed by atoms with Gasteiger partial charge in [0.25, 0.3) is 0 Å². The van der Waals surface area contributed by atoms with Gasteiger partial charge in [-0.15, -0.1) is 0 Å². The molecule has 0 N–H and O–H groups in total. The molecule has 16 heavy (non-hydrogen) atoms. The SMILES string of the molecule is CCCc1nc(CC(F)(F)F)nc(Cl)c1I. The van der Waals surface area contributed by atoms with Crippen LogP contribution in [0.25, 0.3) is 0 Å². The fourth-order valence-corrected chi connectivity index (χ4v) is 1.89. The highest BCUT2D eigenvalue weighted by molar-refractivity contribution is 14.1. The molecule has 0 saturated heterocycles. The molecule has 90 valence electrons. The summed E-state index contributed by atoms with van der Waals surface area (Å²) in [6.45, 7) is 1.93. The number of halogens is 5. The Balaban J connectivity index is 3.04. The van der Waals surface area contributed by atoms with E-state index in [2.05, 4.69) is 9.97 Å². The number of alkyl halides is 3. The highest BCUT2D eigenvalue weighted by Gasteiger charge is 2.30. The molecule has 2 nitrogen and oxygen atoms in total. The Morgan fingerprint density at radius 3 is 2.44 bits per heavy atom. The first-order valence-electron chi connectivity index (χ1n) is 4.61. The van der Waals surface area contributed by atoms with Crippen LogP contribution in [-0.2, 0) is 12.8 Å². The summed E-state index contributed by atoms with van der Waals surface area (Å²) in [4.78, 5) is 7.51. The Labute approximate surface area is 110 Å². The molecule has 1 aromatic heterocycles. The van der Waals surface area contributed by atoms with Gasteiger partial charge in [-0.05, 0) is 29.0 Å². The summed E-state index contributed by atoms with van der Waals surface area (Å²) in [5.41, 5.74) is 0.586. The number of aryl methyl sites for hydroxylation is 1. The first kappa shape index (κ1) is 14.0. The predicted molar refractivity (Wildman–Crippen MR) is 63.5 cm³/mol. The van der Waals surface area contributed by atoms with Crippen molar-refractivity contribution >= 4 is 34.2 Å². The zero-order valence-corrected chi connectivity index (χ0v) is 11.3. The molecule has 1 aromatic rings. The van der Waals surface area contributed by atoms with Crippen LogP contribution in [0.3, 0.4) is 0 Å². The maximum atomic E-state index is 12.2. The van der Waals surface area contributed by atoms with Crippen LogP contribution in [0.15, 0.2) is 0 Å².